The number of halogens is 1. The van der Waals surface area contributed by atoms with Gasteiger partial charge in [0.05, 0.1) is 17.7 Å². The van der Waals surface area contributed by atoms with E-state index < -0.39 is 0 Å². The molecule has 0 spiro atoms. The molecule has 1 N–H and O–H groups in total. The van der Waals surface area contributed by atoms with Gasteiger partial charge < -0.3 is 10.1 Å². The molecule has 0 unspecified atom stereocenters. The topological polar surface area (TPSA) is 21.3 Å². The lowest BCUT2D eigenvalue weighted by Crippen LogP contribution is -2.20. The van der Waals surface area contributed by atoms with Gasteiger partial charge in [-0.25, -0.2) is 0 Å². The zero-order chi connectivity index (χ0) is 13.0. The molecule has 0 aliphatic heterocycles. The summed E-state index contributed by atoms with van der Waals surface area (Å²) in [4.78, 5) is 1.20. The third-order valence-electron chi connectivity index (χ3n) is 2.62. The molecule has 4 heteroatoms. The molecular formula is C14H18ClNOS. The van der Waals surface area contributed by atoms with Crippen molar-refractivity contribution >= 4 is 33.0 Å². The van der Waals surface area contributed by atoms with Crippen LogP contribution in [0.3, 0.4) is 0 Å². The lowest BCUT2D eigenvalue weighted by molar-refractivity contribution is 0.0807. The normalized spacial score (nSPS) is 11.6. The minimum Gasteiger partial charge on any atom is -0.377 e. The summed E-state index contributed by atoms with van der Waals surface area (Å²) in [6, 6.07) is 8.24. The highest BCUT2D eigenvalue weighted by atomic mass is 35.5. The third-order valence-corrected chi connectivity index (χ3v) is 4.33. The van der Waals surface area contributed by atoms with Crippen LogP contribution in [0, 0.1) is 0 Å². The maximum absolute atomic E-state index is 6.36. The van der Waals surface area contributed by atoms with Crippen LogP contribution in [-0.4, -0.2) is 19.3 Å². The van der Waals surface area contributed by atoms with Crippen LogP contribution in [0.25, 0.3) is 10.1 Å². The van der Waals surface area contributed by atoms with E-state index >= 15 is 0 Å². The predicted octanol–water partition coefficient (Wildman–Crippen LogP) is 4.07. The average Bonchev–Trinajstić information content (AvgIpc) is 2.66. The second kappa shape index (κ2) is 6.53. The van der Waals surface area contributed by atoms with Gasteiger partial charge >= 0.3 is 0 Å². The highest BCUT2D eigenvalue weighted by Gasteiger charge is 2.08. The van der Waals surface area contributed by atoms with Gasteiger partial charge in [-0.05, 0) is 19.9 Å². The standard InChI is InChI=1S/C14H18ClNOS/c1-10(2)17-8-7-16-9-13-14(15)11-5-3-4-6-12(11)18-13/h3-6,10,16H,7-9H2,1-2H3. The van der Waals surface area contributed by atoms with Gasteiger partial charge in [0.2, 0.25) is 0 Å². The Bertz CT molecular complexity index is 509. The van der Waals surface area contributed by atoms with Crippen molar-refractivity contribution in [1.82, 2.24) is 5.32 Å². The summed E-state index contributed by atoms with van der Waals surface area (Å²) in [7, 11) is 0. The van der Waals surface area contributed by atoms with Gasteiger partial charge in [-0.15, -0.1) is 11.3 Å². The Morgan fingerprint density at radius 1 is 1.33 bits per heavy atom. The highest BCUT2D eigenvalue weighted by Crippen LogP contribution is 2.34. The Labute approximate surface area is 117 Å². The van der Waals surface area contributed by atoms with Crippen LogP contribution in [0.2, 0.25) is 5.02 Å². The summed E-state index contributed by atoms with van der Waals surface area (Å²) < 4.78 is 6.72. The van der Waals surface area contributed by atoms with Crippen molar-refractivity contribution in [3.8, 4) is 0 Å². The van der Waals surface area contributed by atoms with Gasteiger partial charge in [0, 0.05) is 28.1 Å². The quantitative estimate of drug-likeness (QED) is 0.807. The van der Waals surface area contributed by atoms with Gasteiger partial charge in [0.1, 0.15) is 0 Å². The molecule has 1 aromatic heterocycles. The summed E-state index contributed by atoms with van der Waals surface area (Å²) in [5.41, 5.74) is 0. The minimum absolute atomic E-state index is 0.291. The van der Waals surface area contributed by atoms with Crippen molar-refractivity contribution < 1.29 is 4.74 Å². The van der Waals surface area contributed by atoms with Crippen molar-refractivity contribution in [3.05, 3.63) is 34.2 Å². The third kappa shape index (κ3) is 3.45. The Hall–Kier alpha value is -0.610. The second-order valence-electron chi connectivity index (χ2n) is 4.43. The van der Waals surface area contributed by atoms with Crippen molar-refractivity contribution in [2.45, 2.75) is 26.5 Å². The average molecular weight is 284 g/mol. The molecule has 0 fully saturated rings. The molecule has 98 valence electrons. The molecule has 0 aliphatic carbocycles. The maximum atomic E-state index is 6.36. The Balaban J connectivity index is 1.90. The van der Waals surface area contributed by atoms with E-state index in [-0.39, 0.29) is 0 Å². The van der Waals surface area contributed by atoms with Crippen LogP contribution < -0.4 is 5.32 Å². The summed E-state index contributed by atoms with van der Waals surface area (Å²) in [5.74, 6) is 0. The number of nitrogens with one attached hydrogen (secondary N) is 1. The minimum atomic E-state index is 0.291. The fourth-order valence-corrected chi connectivity index (χ4v) is 3.22. The molecule has 1 heterocycles. The number of ether oxygens (including phenoxy) is 1. The molecule has 0 atom stereocenters. The molecule has 0 radical (unpaired) electrons. The summed E-state index contributed by atoms with van der Waals surface area (Å²) in [5, 5.41) is 5.39. The molecule has 2 rings (SSSR count). The zero-order valence-corrected chi connectivity index (χ0v) is 12.3. The lowest BCUT2D eigenvalue weighted by Gasteiger charge is -2.07. The van der Waals surface area contributed by atoms with Gasteiger partial charge in [-0.1, -0.05) is 29.8 Å². The van der Waals surface area contributed by atoms with Gasteiger partial charge in [0.15, 0.2) is 0 Å². The second-order valence-corrected chi connectivity index (χ2v) is 5.95. The molecule has 0 saturated heterocycles. The first-order valence-electron chi connectivity index (χ1n) is 6.16. The van der Waals surface area contributed by atoms with E-state index in [9.17, 15) is 0 Å². The zero-order valence-electron chi connectivity index (χ0n) is 10.7. The van der Waals surface area contributed by atoms with Crippen LogP contribution in [0.15, 0.2) is 24.3 Å². The molecule has 0 aliphatic rings. The SMILES string of the molecule is CC(C)OCCNCc1sc2ccccc2c1Cl. The first kappa shape index (κ1) is 13.8. The first-order valence-corrected chi connectivity index (χ1v) is 7.36. The molecule has 18 heavy (non-hydrogen) atoms. The number of benzene rings is 1. The van der Waals surface area contributed by atoms with Gasteiger partial charge in [-0.2, -0.15) is 0 Å². The summed E-state index contributed by atoms with van der Waals surface area (Å²) in [6.07, 6.45) is 0.291. The number of thiophene rings is 1. The maximum Gasteiger partial charge on any atom is 0.0636 e. The molecule has 1 aromatic carbocycles. The largest absolute Gasteiger partial charge is 0.377 e. The van der Waals surface area contributed by atoms with Crippen LogP contribution in [0.4, 0.5) is 0 Å². The molecule has 0 amide bonds. The van der Waals surface area contributed by atoms with Crippen molar-refractivity contribution in [3.63, 3.8) is 0 Å². The van der Waals surface area contributed by atoms with Gasteiger partial charge in [0.25, 0.3) is 0 Å². The molecule has 0 saturated carbocycles. The van der Waals surface area contributed by atoms with Crippen molar-refractivity contribution in [1.29, 1.82) is 0 Å². The van der Waals surface area contributed by atoms with Crippen LogP contribution >= 0.6 is 22.9 Å². The molecule has 0 bridgehead atoms. The van der Waals surface area contributed by atoms with E-state index in [0.29, 0.717) is 6.10 Å². The Kier molecular flexibility index (Phi) is 5.01. The number of hydrogen-bond acceptors (Lipinski definition) is 3. The van der Waals surface area contributed by atoms with E-state index in [1.807, 2.05) is 26.0 Å². The number of fused-ring (bicyclic) bond motifs is 1. The Morgan fingerprint density at radius 3 is 2.83 bits per heavy atom. The fraction of sp³-hybridized carbons (Fsp3) is 0.429. The summed E-state index contributed by atoms with van der Waals surface area (Å²) >= 11 is 8.11. The van der Waals surface area contributed by atoms with Gasteiger partial charge in [-0.3, -0.25) is 0 Å². The van der Waals surface area contributed by atoms with Crippen LogP contribution in [0.5, 0.6) is 0 Å². The summed E-state index contributed by atoms with van der Waals surface area (Å²) in [6.45, 7) is 6.48. The molecular weight excluding hydrogens is 266 g/mol. The van der Waals surface area contributed by atoms with Crippen LogP contribution in [-0.2, 0) is 11.3 Å². The van der Waals surface area contributed by atoms with E-state index in [0.717, 1.165) is 30.1 Å². The number of rotatable bonds is 6. The van der Waals surface area contributed by atoms with Crippen molar-refractivity contribution in [2.24, 2.45) is 0 Å². The number of hydrogen-bond donors (Lipinski definition) is 1. The van der Waals surface area contributed by atoms with Crippen molar-refractivity contribution in [2.75, 3.05) is 13.2 Å². The fourth-order valence-electron chi connectivity index (χ4n) is 1.75. The monoisotopic (exact) mass is 283 g/mol. The highest BCUT2D eigenvalue weighted by molar-refractivity contribution is 7.19. The molecule has 2 aromatic rings. The van der Waals surface area contributed by atoms with E-state index in [1.165, 1.54) is 9.58 Å². The van der Waals surface area contributed by atoms with E-state index in [1.54, 1.807) is 11.3 Å². The smallest absolute Gasteiger partial charge is 0.0636 e. The van der Waals surface area contributed by atoms with E-state index in [4.69, 9.17) is 16.3 Å². The first-order chi connectivity index (χ1) is 8.68. The molecule has 2 nitrogen and oxygen atoms in total. The predicted molar refractivity (Wildman–Crippen MR) is 79.6 cm³/mol. The van der Waals surface area contributed by atoms with E-state index in [2.05, 4.69) is 17.4 Å². The Morgan fingerprint density at radius 2 is 2.11 bits per heavy atom. The lowest BCUT2D eigenvalue weighted by atomic mass is 10.2. The van der Waals surface area contributed by atoms with Crippen LogP contribution in [0.1, 0.15) is 18.7 Å².